The highest BCUT2D eigenvalue weighted by molar-refractivity contribution is 5.92. The summed E-state index contributed by atoms with van der Waals surface area (Å²) in [5.41, 5.74) is 2.96. The number of carbonyl (C=O) groups is 1. The molecule has 1 aliphatic heterocycles. The Balaban J connectivity index is 1.23. The van der Waals surface area contributed by atoms with Gasteiger partial charge < -0.3 is 14.2 Å². The summed E-state index contributed by atoms with van der Waals surface area (Å²) in [6.07, 6.45) is 8.44. The van der Waals surface area contributed by atoms with Crippen molar-refractivity contribution in [1.29, 1.82) is 0 Å². The van der Waals surface area contributed by atoms with E-state index in [1.165, 1.54) is 18.4 Å². The first-order chi connectivity index (χ1) is 14.7. The summed E-state index contributed by atoms with van der Waals surface area (Å²) in [7, 11) is 0. The zero-order valence-corrected chi connectivity index (χ0v) is 17.3. The predicted molar refractivity (Wildman–Crippen MR) is 114 cm³/mol. The number of nitrogens with one attached hydrogen (secondary N) is 1. The fraction of sp³-hybridized carbons (Fsp3) is 0.435. The minimum Gasteiger partial charge on any atom is -0.472 e. The lowest BCUT2D eigenvalue weighted by Crippen LogP contribution is -2.38. The maximum Gasteiger partial charge on any atom is 0.250 e. The molecular formula is C23H28N4O3. The number of aryl methyl sites for hydroxylation is 1. The van der Waals surface area contributed by atoms with Crippen LogP contribution in [0.2, 0.25) is 0 Å². The van der Waals surface area contributed by atoms with Crippen LogP contribution in [0.15, 0.2) is 51.7 Å². The maximum atomic E-state index is 12.4. The second-order valence-electron chi connectivity index (χ2n) is 7.86. The van der Waals surface area contributed by atoms with Crippen LogP contribution in [-0.2, 0) is 11.2 Å². The van der Waals surface area contributed by atoms with E-state index >= 15 is 0 Å². The van der Waals surface area contributed by atoms with Gasteiger partial charge in [0.2, 0.25) is 11.8 Å². The summed E-state index contributed by atoms with van der Waals surface area (Å²) in [6, 6.07) is 9.97. The van der Waals surface area contributed by atoms with Crippen molar-refractivity contribution in [2.75, 3.05) is 25.0 Å². The largest absolute Gasteiger partial charge is 0.472 e. The van der Waals surface area contributed by atoms with Gasteiger partial charge in [-0.05, 0) is 62.5 Å². The highest BCUT2D eigenvalue weighted by Crippen LogP contribution is 2.29. The Morgan fingerprint density at radius 3 is 2.67 bits per heavy atom. The van der Waals surface area contributed by atoms with Crippen LogP contribution in [0, 0.1) is 0 Å². The number of nitrogens with zero attached hydrogens (tertiary/aromatic N) is 3. The first-order valence-corrected chi connectivity index (χ1v) is 10.7. The minimum absolute atomic E-state index is 0.0230. The predicted octanol–water partition coefficient (Wildman–Crippen LogP) is 4.49. The Bertz CT molecular complexity index is 926. The first kappa shape index (κ1) is 20.3. The molecule has 3 heterocycles. The Kier molecular flexibility index (Phi) is 6.59. The SMILES string of the molecule is CCCCc1ccc(NC(=O)CN2CCC(c3nnc(-c4ccoc4)o3)CC2)cc1. The molecule has 30 heavy (non-hydrogen) atoms. The number of unbranched alkanes of at least 4 members (excludes halogenated alkanes) is 1. The van der Waals surface area contributed by atoms with E-state index in [0.717, 1.165) is 43.6 Å². The molecule has 0 bridgehead atoms. The molecule has 0 saturated carbocycles. The molecule has 158 valence electrons. The maximum absolute atomic E-state index is 12.4. The molecule has 0 spiro atoms. The molecule has 1 aromatic carbocycles. The van der Waals surface area contributed by atoms with Gasteiger partial charge >= 0.3 is 0 Å². The highest BCUT2D eigenvalue weighted by Gasteiger charge is 2.26. The second-order valence-corrected chi connectivity index (χ2v) is 7.86. The topological polar surface area (TPSA) is 84.4 Å². The lowest BCUT2D eigenvalue weighted by atomic mass is 9.97. The number of piperidine rings is 1. The van der Waals surface area contributed by atoms with Crippen LogP contribution in [0.5, 0.6) is 0 Å². The third-order valence-electron chi connectivity index (χ3n) is 5.57. The van der Waals surface area contributed by atoms with Gasteiger partial charge in [0, 0.05) is 11.6 Å². The lowest BCUT2D eigenvalue weighted by molar-refractivity contribution is -0.117. The Hall–Kier alpha value is -2.93. The molecule has 0 atom stereocenters. The van der Waals surface area contributed by atoms with E-state index in [1.807, 2.05) is 12.1 Å². The summed E-state index contributed by atoms with van der Waals surface area (Å²) >= 11 is 0. The van der Waals surface area contributed by atoms with Gasteiger partial charge in [-0.1, -0.05) is 25.5 Å². The Morgan fingerprint density at radius 2 is 1.97 bits per heavy atom. The number of likely N-dealkylation sites (tertiary alicyclic amines) is 1. The van der Waals surface area contributed by atoms with E-state index in [9.17, 15) is 4.79 Å². The zero-order chi connectivity index (χ0) is 20.8. The number of carbonyl (C=O) groups excluding carboxylic acids is 1. The van der Waals surface area contributed by atoms with Crippen molar-refractivity contribution in [2.24, 2.45) is 0 Å². The number of rotatable bonds is 8. The number of hydrogen-bond acceptors (Lipinski definition) is 6. The molecule has 0 unspecified atom stereocenters. The molecule has 0 aliphatic carbocycles. The van der Waals surface area contributed by atoms with Crippen molar-refractivity contribution < 1.29 is 13.6 Å². The summed E-state index contributed by atoms with van der Waals surface area (Å²) in [5, 5.41) is 11.3. The van der Waals surface area contributed by atoms with Crippen LogP contribution < -0.4 is 5.32 Å². The van der Waals surface area contributed by atoms with E-state index < -0.39 is 0 Å². The third-order valence-corrected chi connectivity index (χ3v) is 5.57. The van der Waals surface area contributed by atoms with Gasteiger partial charge in [-0.15, -0.1) is 10.2 Å². The second kappa shape index (κ2) is 9.71. The molecule has 0 radical (unpaired) electrons. The smallest absolute Gasteiger partial charge is 0.250 e. The van der Waals surface area contributed by atoms with Gasteiger partial charge in [0.1, 0.15) is 6.26 Å². The number of furan rings is 1. The summed E-state index contributed by atoms with van der Waals surface area (Å²) in [5.74, 6) is 1.41. The number of anilines is 1. The molecule has 7 heteroatoms. The van der Waals surface area contributed by atoms with Crippen LogP contribution in [0.25, 0.3) is 11.5 Å². The van der Waals surface area contributed by atoms with Crippen LogP contribution >= 0.6 is 0 Å². The summed E-state index contributed by atoms with van der Waals surface area (Å²) in [4.78, 5) is 14.6. The number of aromatic nitrogens is 2. The van der Waals surface area contributed by atoms with Gasteiger partial charge in [0.25, 0.3) is 5.89 Å². The Labute approximate surface area is 176 Å². The van der Waals surface area contributed by atoms with E-state index in [4.69, 9.17) is 8.83 Å². The normalized spacial score (nSPS) is 15.4. The molecule has 1 saturated heterocycles. The molecule has 1 N–H and O–H groups in total. The van der Waals surface area contributed by atoms with Gasteiger partial charge in [0.05, 0.1) is 18.4 Å². The van der Waals surface area contributed by atoms with E-state index in [-0.39, 0.29) is 11.8 Å². The summed E-state index contributed by atoms with van der Waals surface area (Å²) < 4.78 is 10.9. The molecular weight excluding hydrogens is 380 g/mol. The van der Waals surface area contributed by atoms with E-state index in [0.29, 0.717) is 18.3 Å². The van der Waals surface area contributed by atoms with Crippen molar-refractivity contribution >= 4 is 11.6 Å². The van der Waals surface area contributed by atoms with Crippen molar-refractivity contribution in [3.63, 3.8) is 0 Å². The average molecular weight is 409 g/mol. The number of benzene rings is 1. The number of hydrogen-bond donors (Lipinski definition) is 1. The van der Waals surface area contributed by atoms with Crippen molar-refractivity contribution in [3.05, 3.63) is 54.3 Å². The van der Waals surface area contributed by atoms with Crippen LogP contribution in [-0.4, -0.2) is 40.6 Å². The minimum atomic E-state index is 0.0230. The van der Waals surface area contributed by atoms with Crippen molar-refractivity contribution in [1.82, 2.24) is 15.1 Å². The lowest BCUT2D eigenvalue weighted by Gasteiger charge is -2.29. The van der Waals surface area contributed by atoms with Gasteiger partial charge in [-0.2, -0.15) is 0 Å². The monoisotopic (exact) mass is 408 g/mol. The van der Waals surface area contributed by atoms with Crippen molar-refractivity contribution in [2.45, 2.75) is 44.9 Å². The van der Waals surface area contributed by atoms with E-state index in [1.54, 1.807) is 18.6 Å². The summed E-state index contributed by atoms with van der Waals surface area (Å²) in [6.45, 7) is 4.25. The molecule has 7 nitrogen and oxygen atoms in total. The van der Waals surface area contributed by atoms with Crippen LogP contribution in [0.4, 0.5) is 5.69 Å². The zero-order valence-electron chi connectivity index (χ0n) is 17.3. The van der Waals surface area contributed by atoms with Crippen LogP contribution in [0.1, 0.15) is 50.0 Å². The first-order valence-electron chi connectivity index (χ1n) is 10.7. The molecule has 4 rings (SSSR count). The van der Waals surface area contributed by atoms with Gasteiger partial charge in [-0.25, -0.2) is 0 Å². The van der Waals surface area contributed by atoms with Crippen LogP contribution in [0.3, 0.4) is 0 Å². The molecule has 1 aliphatic rings. The number of amides is 1. The Morgan fingerprint density at radius 1 is 1.17 bits per heavy atom. The fourth-order valence-electron chi connectivity index (χ4n) is 3.78. The molecule has 1 fully saturated rings. The molecule has 1 amide bonds. The van der Waals surface area contributed by atoms with Gasteiger partial charge in [0.15, 0.2) is 0 Å². The van der Waals surface area contributed by atoms with Gasteiger partial charge in [-0.3, -0.25) is 9.69 Å². The highest BCUT2D eigenvalue weighted by atomic mass is 16.4. The van der Waals surface area contributed by atoms with Crippen molar-refractivity contribution in [3.8, 4) is 11.5 Å². The quantitative estimate of drug-likeness (QED) is 0.591. The standard InChI is InChI=1S/C23H28N4O3/c1-2-3-4-17-5-7-20(8-6-17)24-21(28)15-27-12-9-18(10-13-27)22-25-26-23(30-22)19-11-14-29-16-19/h5-8,11,14,16,18H,2-4,9-10,12-13,15H2,1H3,(H,24,28). The molecule has 3 aromatic rings. The fourth-order valence-corrected chi connectivity index (χ4v) is 3.78. The van der Waals surface area contributed by atoms with E-state index in [2.05, 4.69) is 39.5 Å². The molecule has 2 aromatic heterocycles. The third kappa shape index (κ3) is 5.16. The average Bonchev–Trinajstić information content (AvgIpc) is 3.46.